The number of halogens is 1. The lowest BCUT2D eigenvalue weighted by atomic mass is 10.0. The van der Waals surface area contributed by atoms with Crippen molar-refractivity contribution in [2.24, 2.45) is 0 Å². The number of nitrogens with zero attached hydrogens (tertiary/aromatic N) is 3. The van der Waals surface area contributed by atoms with Gasteiger partial charge >= 0.3 is 0 Å². The first kappa shape index (κ1) is 18.9. The smallest absolute Gasteiger partial charge is 0.271 e. The van der Waals surface area contributed by atoms with Crippen LogP contribution in [0.2, 0.25) is 0 Å². The Hall–Kier alpha value is -4.14. The fourth-order valence-corrected chi connectivity index (χ4v) is 3.44. The second-order valence-corrected chi connectivity index (χ2v) is 7.32. The second-order valence-electron chi connectivity index (χ2n) is 7.32. The first-order chi connectivity index (χ1) is 15.0. The van der Waals surface area contributed by atoms with Gasteiger partial charge in [-0.25, -0.2) is 9.37 Å². The Kier molecular flexibility index (Phi) is 4.43. The number of anilines is 1. The van der Waals surface area contributed by atoms with E-state index in [0.717, 1.165) is 36.6 Å². The molecule has 0 bridgehead atoms. The van der Waals surface area contributed by atoms with Crippen molar-refractivity contribution in [3.05, 3.63) is 81.8 Å². The van der Waals surface area contributed by atoms with Crippen LogP contribution in [0, 0.1) is 15.9 Å². The number of aromatic nitrogens is 2. The maximum absolute atomic E-state index is 14.2. The number of non-ortho nitro benzene ring substituents is 1. The van der Waals surface area contributed by atoms with Gasteiger partial charge in [0.05, 0.1) is 21.6 Å². The summed E-state index contributed by atoms with van der Waals surface area (Å²) in [4.78, 5) is 28.1. The molecule has 1 aliphatic rings. The number of pyridine rings is 1. The van der Waals surface area contributed by atoms with Gasteiger partial charge in [0.2, 0.25) is 0 Å². The summed E-state index contributed by atoms with van der Waals surface area (Å²) in [5.74, 6) is -1.18. The van der Waals surface area contributed by atoms with Gasteiger partial charge in [0.25, 0.3) is 17.3 Å². The molecule has 2 aromatic heterocycles. The Labute approximate surface area is 174 Å². The lowest BCUT2D eigenvalue weighted by Gasteiger charge is -2.09. The highest BCUT2D eigenvalue weighted by Gasteiger charge is 2.29. The Bertz CT molecular complexity index is 1330. The van der Waals surface area contributed by atoms with E-state index in [-0.39, 0.29) is 28.6 Å². The van der Waals surface area contributed by atoms with Crippen LogP contribution in [-0.4, -0.2) is 21.0 Å². The van der Waals surface area contributed by atoms with Crippen LogP contribution in [0.4, 0.5) is 15.8 Å². The van der Waals surface area contributed by atoms with Crippen molar-refractivity contribution >= 4 is 28.4 Å². The summed E-state index contributed by atoms with van der Waals surface area (Å²) in [6.07, 6.45) is 1.91. The third-order valence-electron chi connectivity index (χ3n) is 5.16. The van der Waals surface area contributed by atoms with Crippen molar-refractivity contribution < 1.29 is 18.6 Å². The molecule has 0 radical (unpaired) electrons. The Balaban J connectivity index is 1.63. The van der Waals surface area contributed by atoms with Gasteiger partial charge in [0.1, 0.15) is 11.5 Å². The summed E-state index contributed by atoms with van der Waals surface area (Å²) in [7, 11) is 0. The first-order valence-corrected chi connectivity index (χ1v) is 9.62. The molecule has 1 saturated carbocycles. The number of benzene rings is 2. The van der Waals surface area contributed by atoms with Gasteiger partial charge in [-0.1, -0.05) is 35.5 Å². The van der Waals surface area contributed by atoms with E-state index in [1.807, 2.05) is 30.3 Å². The standard InChI is InChI=1S/C22H15FN4O4/c23-16-9-8-14(27(29)30)10-18(16)24-21(28)15-11-17(12-6-7-12)25-22-19(15)20(26-31-22)13-4-2-1-3-5-13/h1-5,8-12H,6-7H2,(H,24,28). The fraction of sp³-hybridized carbons (Fsp3) is 0.136. The van der Waals surface area contributed by atoms with Gasteiger partial charge in [-0.2, -0.15) is 0 Å². The van der Waals surface area contributed by atoms with Crippen LogP contribution in [0.5, 0.6) is 0 Å². The summed E-state index contributed by atoms with van der Waals surface area (Å²) < 4.78 is 19.7. The van der Waals surface area contributed by atoms with Crippen molar-refractivity contribution in [1.82, 2.24) is 10.1 Å². The van der Waals surface area contributed by atoms with Crippen molar-refractivity contribution in [2.45, 2.75) is 18.8 Å². The lowest BCUT2D eigenvalue weighted by molar-refractivity contribution is -0.384. The molecule has 1 N–H and O–H groups in total. The molecule has 0 saturated heterocycles. The summed E-state index contributed by atoms with van der Waals surface area (Å²) in [5.41, 5.74) is 1.70. The van der Waals surface area contributed by atoms with E-state index in [2.05, 4.69) is 15.5 Å². The third kappa shape index (κ3) is 3.50. The van der Waals surface area contributed by atoms with Crippen LogP contribution < -0.4 is 5.32 Å². The fourth-order valence-electron chi connectivity index (χ4n) is 3.44. The van der Waals surface area contributed by atoms with E-state index in [1.165, 1.54) is 0 Å². The molecule has 0 unspecified atom stereocenters. The van der Waals surface area contributed by atoms with Gasteiger partial charge in [-0.15, -0.1) is 0 Å². The van der Waals surface area contributed by atoms with Gasteiger partial charge in [0.15, 0.2) is 0 Å². The molecule has 9 heteroatoms. The molecule has 1 amide bonds. The minimum Gasteiger partial charge on any atom is -0.335 e. The monoisotopic (exact) mass is 418 g/mol. The summed E-state index contributed by atoms with van der Waals surface area (Å²) in [5, 5.41) is 18.0. The van der Waals surface area contributed by atoms with Crippen molar-refractivity contribution in [3.8, 4) is 11.3 Å². The molecule has 1 fully saturated rings. The molecule has 8 nitrogen and oxygen atoms in total. The minimum absolute atomic E-state index is 0.216. The van der Waals surface area contributed by atoms with Crippen LogP contribution in [0.15, 0.2) is 59.1 Å². The number of rotatable bonds is 5. The summed E-state index contributed by atoms with van der Waals surface area (Å²) in [6.45, 7) is 0. The average molecular weight is 418 g/mol. The third-order valence-corrected chi connectivity index (χ3v) is 5.16. The van der Waals surface area contributed by atoms with Gasteiger partial charge < -0.3 is 9.84 Å². The average Bonchev–Trinajstić information content (AvgIpc) is 3.54. The Morgan fingerprint density at radius 2 is 1.94 bits per heavy atom. The van der Waals surface area contributed by atoms with E-state index in [9.17, 15) is 19.3 Å². The highest BCUT2D eigenvalue weighted by Crippen LogP contribution is 2.41. The molecule has 154 valence electrons. The van der Waals surface area contributed by atoms with E-state index < -0.39 is 16.6 Å². The van der Waals surface area contributed by atoms with E-state index in [4.69, 9.17) is 4.52 Å². The number of amides is 1. The summed E-state index contributed by atoms with van der Waals surface area (Å²) >= 11 is 0. The molecular formula is C22H15FN4O4. The molecule has 2 aromatic carbocycles. The first-order valence-electron chi connectivity index (χ1n) is 9.62. The highest BCUT2D eigenvalue weighted by molar-refractivity contribution is 6.14. The molecule has 0 spiro atoms. The molecule has 31 heavy (non-hydrogen) atoms. The number of hydrogen-bond acceptors (Lipinski definition) is 6. The molecule has 2 heterocycles. The van der Waals surface area contributed by atoms with Crippen molar-refractivity contribution in [2.75, 3.05) is 5.32 Å². The van der Waals surface area contributed by atoms with Gasteiger partial charge in [-0.3, -0.25) is 14.9 Å². The van der Waals surface area contributed by atoms with Crippen LogP contribution >= 0.6 is 0 Å². The largest absolute Gasteiger partial charge is 0.335 e. The Morgan fingerprint density at radius 1 is 1.16 bits per heavy atom. The van der Waals surface area contributed by atoms with E-state index in [1.54, 1.807) is 6.07 Å². The zero-order valence-corrected chi connectivity index (χ0v) is 16.0. The normalized spacial score (nSPS) is 13.3. The zero-order chi connectivity index (χ0) is 21.5. The Morgan fingerprint density at radius 3 is 2.65 bits per heavy atom. The highest BCUT2D eigenvalue weighted by atomic mass is 19.1. The topological polar surface area (TPSA) is 111 Å². The predicted molar refractivity (Wildman–Crippen MR) is 110 cm³/mol. The second kappa shape index (κ2) is 7.28. The molecule has 5 rings (SSSR count). The van der Waals surface area contributed by atoms with E-state index >= 15 is 0 Å². The number of nitrogens with one attached hydrogen (secondary N) is 1. The van der Waals surface area contributed by atoms with Crippen molar-refractivity contribution in [3.63, 3.8) is 0 Å². The maximum Gasteiger partial charge on any atom is 0.271 e. The summed E-state index contributed by atoms with van der Waals surface area (Å²) in [6, 6.07) is 13.8. The van der Waals surface area contributed by atoms with Crippen LogP contribution in [0.25, 0.3) is 22.4 Å². The van der Waals surface area contributed by atoms with Gasteiger partial charge in [-0.05, 0) is 25.0 Å². The molecule has 4 aromatic rings. The molecule has 1 aliphatic carbocycles. The number of carbonyl (C=O) groups excluding carboxylic acids is 1. The minimum atomic E-state index is -0.778. The molecule has 0 aliphatic heterocycles. The van der Waals surface area contributed by atoms with Crippen LogP contribution in [0.1, 0.15) is 34.8 Å². The van der Waals surface area contributed by atoms with Crippen molar-refractivity contribution in [1.29, 1.82) is 0 Å². The molecule has 0 atom stereocenters. The van der Waals surface area contributed by atoms with Crippen LogP contribution in [0.3, 0.4) is 0 Å². The van der Waals surface area contributed by atoms with Crippen LogP contribution in [-0.2, 0) is 0 Å². The number of carbonyl (C=O) groups is 1. The van der Waals surface area contributed by atoms with Gasteiger partial charge in [0, 0.05) is 29.3 Å². The zero-order valence-electron chi connectivity index (χ0n) is 16.0. The molecular weight excluding hydrogens is 403 g/mol. The number of nitro benzene ring substituents is 1. The lowest BCUT2D eigenvalue weighted by Crippen LogP contribution is -2.14. The SMILES string of the molecule is O=C(Nc1cc([N+](=O)[O-])ccc1F)c1cc(C2CC2)nc2onc(-c3ccccc3)c12. The maximum atomic E-state index is 14.2. The number of hydrogen-bond donors (Lipinski definition) is 1. The quantitative estimate of drug-likeness (QED) is 0.358. The number of fused-ring (bicyclic) bond motifs is 1. The van der Waals surface area contributed by atoms with E-state index in [0.29, 0.717) is 16.8 Å². The number of nitro groups is 1. The predicted octanol–water partition coefficient (Wildman–Crippen LogP) is 5.07.